The molecule has 0 atom stereocenters. The number of aromatic nitrogens is 3. The van der Waals surface area contributed by atoms with E-state index in [4.69, 9.17) is 27.1 Å². The molecule has 0 aliphatic carbocycles. The lowest BCUT2D eigenvalue weighted by Gasteiger charge is -2.08. The van der Waals surface area contributed by atoms with E-state index < -0.39 is 5.97 Å². The number of halogens is 1. The first-order valence-corrected chi connectivity index (χ1v) is 9.47. The molecule has 0 radical (unpaired) electrons. The maximum Gasteiger partial charge on any atom is 0.344 e. The summed E-state index contributed by atoms with van der Waals surface area (Å²) in [5.41, 5.74) is 9.63. The second kappa shape index (κ2) is 7.48. The standard InChI is InChI=1S/C21H19ClN4O2/c1-2-3-11-28-21(27)17-18-20(25-16-10-5-4-9-15(16)24-18)26(19(17)23)14-8-6-7-13(22)12-14/h4-10,12H,2-3,11,23H2,1H3. The smallest absolute Gasteiger partial charge is 0.344 e. The van der Waals surface area contributed by atoms with E-state index in [1.807, 2.05) is 43.3 Å². The minimum absolute atomic E-state index is 0.226. The van der Waals surface area contributed by atoms with Crippen LogP contribution in [0.3, 0.4) is 0 Å². The highest BCUT2D eigenvalue weighted by Crippen LogP contribution is 2.32. The quantitative estimate of drug-likeness (QED) is 0.389. The van der Waals surface area contributed by atoms with Crippen molar-refractivity contribution < 1.29 is 9.53 Å². The number of esters is 1. The summed E-state index contributed by atoms with van der Waals surface area (Å²) in [6.45, 7) is 2.37. The number of hydrogen-bond donors (Lipinski definition) is 1. The average Bonchev–Trinajstić information content (AvgIpc) is 2.97. The third-order valence-electron chi connectivity index (χ3n) is 4.50. The zero-order valence-electron chi connectivity index (χ0n) is 15.4. The van der Waals surface area contributed by atoms with Crippen LogP contribution in [0.25, 0.3) is 27.9 Å². The van der Waals surface area contributed by atoms with Gasteiger partial charge >= 0.3 is 5.97 Å². The van der Waals surface area contributed by atoms with Crippen molar-refractivity contribution in [3.8, 4) is 5.69 Å². The van der Waals surface area contributed by atoms with Crippen LogP contribution in [0, 0.1) is 0 Å². The fraction of sp³-hybridized carbons (Fsp3) is 0.190. The van der Waals surface area contributed by atoms with Crippen LogP contribution in [-0.2, 0) is 4.74 Å². The first kappa shape index (κ1) is 18.3. The number of fused-ring (bicyclic) bond motifs is 2. The molecule has 6 nitrogen and oxygen atoms in total. The lowest BCUT2D eigenvalue weighted by Crippen LogP contribution is -2.10. The SMILES string of the molecule is CCCCOC(=O)c1c(N)n(-c2cccc(Cl)c2)c2nc3ccccc3nc12. The van der Waals surface area contributed by atoms with Gasteiger partial charge in [0.05, 0.1) is 23.3 Å². The molecule has 0 fully saturated rings. The molecule has 0 unspecified atom stereocenters. The van der Waals surface area contributed by atoms with Crippen LogP contribution in [0.1, 0.15) is 30.1 Å². The van der Waals surface area contributed by atoms with Gasteiger partial charge < -0.3 is 10.5 Å². The normalized spacial score (nSPS) is 11.2. The third kappa shape index (κ3) is 3.16. The van der Waals surface area contributed by atoms with Crippen molar-refractivity contribution in [2.45, 2.75) is 19.8 Å². The molecule has 2 N–H and O–H groups in total. The molecule has 0 bridgehead atoms. The molecular formula is C21H19ClN4O2. The second-order valence-electron chi connectivity index (χ2n) is 6.45. The molecule has 0 amide bonds. The van der Waals surface area contributed by atoms with Gasteiger partial charge in [0.1, 0.15) is 16.9 Å². The van der Waals surface area contributed by atoms with E-state index in [1.54, 1.807) is 16.7 Å². The highest BCUT2D eigenvalue weighted by molar-refractivity contribution is 6.30. The molecular weight excluding hydrogens is 376 g/mol. The van der Waals surface area contributed by atoms with Crippen molar-refractivity contribution in [1.29, 1.82) is 0 Å². The number of anilines is 1. The molecule has 0 spiro atoms. The van der Waals surface area contributed by atoms with E-state index in [2.05, 4.69) is 4.98 Å². The van der Waals surface area contributed by atoms with Crippen LogP contribution >= 0.6 is 11.6 Å². The van der Waals surface area contributed by atoms with Crippen molar-refractivity contribution in [3.63, 3.8) is 0 Å². The number of nitrogen functional groups attached to an aromatic ring is 1. The number of hydrogen-bond acceptors (Lipinski definition) is 5. The van der Waals surface area contributed by atoms with Gasteiger partial charge in [0.2, 0.25) is 0 Å². The number of carbonyl (C=O) groups is 1. The lowest BCUT2D eigenvalue weighted by molar-refractivity contribution is 0.0503. The summed E-state index contributed by atoms with van der Waals surface area (Å²) in [6, 6.07) is 14.7. The number of unbranched alkanes of at least 4 members (excludes halogenated alkanes) is 1. The largest absolute Gasteiger partial charge is 0.462 e. The average molecular weight is 395 g/mol. The molecule has 28 heavy (non-hydrogen) atoms. The summed E-state index contributed by atoms with van der Waals surface area (Å²) >= 11 is 6.17. The fourth-order valence-electron chi connectivity index (χ4n) is 3.12. The monoisotopic (exact) mass is 394 g/mol. The maximum atomic E-state index is 12.8. The highest BCUT2D eigenvalue weighted by Gasteiger charge is 2.25. The lowest BCUT2D eigenvalue weighted by atomic mass is 10.2. The van der Waals surface area contributed by atoms with Crippen molar-refractivity contribution >= 4 is 45.6 Å². The van der Waals surface area contributed by atoms with Gasteiger partial charge in [0.15, 0.2) is 5.65 Å². The Bertz CT molecular complexity index is 1190. The minimum atomic E-state index is -0.499. The van der Waals surface area contributed by atoms with E-state index in [-0.39, 0.29) is 11.4 Å². The predicted octanol–water partition coefficient (Wildman–Crippen LogP) is 4.77. The zero-order valence-corrected chi connectivity index (χ0v) is 16.1. The second-order valence-corrected chi connectivity index (χ2v) is 6.89. The van der Waals surface area contributed by atoms with Gasteiger partial charge in [-0.3, -0.25) is 4.57 Å². The highest BCUT2D eigenvalue weighted by atomic mass is 35.5. The van der Waals surface area contributed by atoms with Crippen LogP contribution in [0.15, 0.2) is 48.5 Å². The van der Waals surface area contributed by atoms with Gasteiger partial charge in [-0.15, -0.1) is 0 Å². The first-order valence-electron chi connectivity index (χ1n) is 9.10. The molecule has 2 aromatic carbocycles. The predicted molar refractivity (Wildman–Crippen MR) is 111 cm³/mol. The number of nitrogens with zero attached hydrogens (tertiary/aromatic N) is 3. The molecule has 0 saturated carbocycles. The summed E-state index contributed by atoms with van der Waals surface area (Å²) in [5, 5.41) is 0.555. The Hall–Kier alpha value is -3.12. The Morgan fingerprint density at radius 2 is 1.89 bits per heavy atom. The van der Waals surface area contributed by atoms with Crippen LogP contribution < -0.4 is 5.73 Å². The summed E-state index contributed by atoms with van der Waals surface area (Å²) in [4.78, 5) is 22.2. The van der Waals surface area contributed by atoms with Crippen LogP contribution in [0.5, 0.6) is 0 Å². The molecule has 0 aliphatic rings. The van der Waals surface area contributed by atoms with Crippen LogP contribution in [0.2, 0.25) is 5.02 Å². The fourth-order valence-corrected chi connectivity index (χ4v) is 3.31. The van der Waals surface area contributed by atoms with Gasteiger partial charge in [-0.2, -0.15) is 0 Å². The van der Waals surface area contributed by atoms with E-state index >= 15 is 0 Å². The Labute approximate surface area is 166 Å². The van der Waals surface area contributed by atoms with Crippen LogP contribution in [-0.4, -0.2) is 27.1 Å². The molecule has 142 valence electrons. The topological polar surface area (TPSA) is 83.0 Å². The number of rotatable bonds is 5. The molecule has 4 rings (SSSR count). The number of benzene rings is 2. The van der Waals surface area contributed by atoms with Crippen molar-refractivity contribution in [1.82, 2.24) is 14.5 Å². The molecule has 0 aliphatic heterocycles. The number of para-hydroxylation sites is 2. The van der Waals surface area contributed by atoms with Crippen molar-refractivity contribution in [2.24, 2.45) is 0 Å². The Morgan fingerprint density at radius 1 is 1.14 bits per heavy atom. The first-order chi connectivity index (χ1) is 13.6. The van der Waals surface area contributed by atoms with E-state index in [1.165, 1.54) is 0 Å². The molecule has 0 saturated heterocycles. The van der Waals surface area contributed by atoms with Gasteiger partial charge in [-0.25, -0.2) is 14.8 Å². The van der Waals surface area contributed by atoms with Crippen molar-refractivity contribution in [2.75, 3.05) is 12.3 Å². The Kier molecular flexibility index (Phi) is 4.88. The number of carbonyl (C=O) groups excluding carboxylic acids is 1. The molecule has 2 heterocycles. The van der Waals surface area contributed by atoms with Gasteiger partial charge in [-0.05, 0) is 36.8 Å². The Balaban J connectivity index is 1.98. The van der Waals surface area contributed by atoms with Gasteiger partial charge in [0.25, 0.3) is 0 Å². The van der Waals surface area contributed by atoms with Crippen LogP contribution in [0.4, 0.5) is 5.82 Å². The minimum Gasteiger partial charge on any atom is -0.462 e. The third-order valence-corrected chi connectivity index (χ3v) is 4.73. The van der Waals surface area contributed by atoms with E-state index in [0.29, 0.717) is 39.5 Å². The molecule has 2 aromatic heterocycles. The Morgan fingerprint density at radius 3 is 2.61 bits per heavy atom. The molecule has 7 heteroatoms. The van der Waals surface area contributed by atoms with Gasteiger partial charge in [0, 0.05) is 5.02 Å². The number of ether oxygens (including phenoxy) is 1. The summed E-state index contributed by atoms with van der Waals surface area (Å²) < 4.78 is 7.11. The zero-order chi connectivity index (χ0) is 19.7. The van der Waals surface area contributed by atoms with E-state index in [9.17, 15) is 4.79 Å². The summed E-state index contributed by atoms with van der Waals surface area (Å²) in [7, 11) is 0. The summed E-state index contributed by atoms with van der Waals surface area (Å²) in [6.07, 6.45) is 1.71. The molecule has 4 aromatic rings. The maximum absolute atomic E-state index is 12.8. The number of nitrogens with two attached hydrogens (primary N) is 1. The van der Waals surface area contributed by atoms with E-state index in [0.717, 1.165) is 12.8 Å². The summed E-state index contributed by atoms with van der Waals surface area (Å²) in [5.74, 6) is -0.268. The van der Waals surface area contributed by atoms with Crippen molar-refractivity contribution in [3.05, 3.63) is 59.1 Å². The van der Waals surface area contributed by atoms with Gasteiger partial charge in [-0.1, -0.05) is 43.1 Å².